The molecule has 2 aliphatic heterocycles. The summed E-state index contributed by atoms with van der Waals surface area (Å²) in [4.78, 5) is 14.3. The fourth-order valence-electron chi connectivity index (χ4n) is 3.23. The number of carbonyl (C=O) groups is 1. The van der Waals surface area contributed by atoms with Crippen LogP contribution in [0.4, 0.5) is 11.4 Å². The number of ether oxygens (including phenoxy) is 1. The summed E-state index contributed by atoms with van der Waals surface area (Å²) < 4.78 is 4.87. The van der Waals surface area contributed by atoms with Gasteiger partial charge in [-0.3, -0.25) is 0 Å². The molecule has 0 atom stereocenters. The van der Waals surface area contributed by atoms with E-state index >= 15 is 0 Å². The van der Waals surface area contributed by atoms with Crippen LogP contribution < -0.4 is 10.6 Å². The number of hydrogen-bond donors (Lipinski definition) is 1. The lowest BCUT2D eigenvalue weighted by Gasteiger charge is -2.37. The zero-order valence-corrected chi connectivity index (χ0v) is 10.7. The van der Waals surface area contributed by atoms with E-state index in [1.807, 2.05) is 6.07 Å². The molecule has 0 fully saturated rings. The van der Waals surface area contributed by atoms with Gasteiger partial charge in [0.15, 0.2) is 0 Å². The number of anilines is 2. The highest BCUT2D eigenvalue weighted by Crippen LogP contribution is 2.39. The van der Waals surface area contributed by atoms with Crippen molar-refractivity contribution in [2.45, 2.75) is 25.7 Å². The van der Waals surface area contributed by atoms with Gasteiger partial charge in [-0.1, -0.05) is 0 Å². The molecule has 0 saturated heterocycles. The molecule has 0 radical (unpaired) electrons. The molecule has 1 aromatic carbocycles. The summed E-state index contributed by atoms with van der Waals surface area (Å²) in [7, 11) is 1.41. The number of benzene rings is 1. The normalized spacial score (nSPS) is 17.3. The van der Waals surface area contributed by atoms with E-state index in [1.54, 1.807) is 0 Å². The molecular formula is C14H18N2O2. The fourth-order valence-corrected chi connectivity index (χ4v) is 3.23. The average molecular weight is 246 g/mol. The molecule has 0 aliphatic carbocycles. The summed E-state index contributed by atoms with van der Waals surface area (Å²) in [6, 6.07) is 1.96. The molecule has 0 unspecified atom stereocenters. The Morgan fingerprint density at radius 3 is 2.78 bits per heavy atom. The topological polar surface area (TPSA) is 55.6 Å². The highest BCUT2D eigenvalue weighted by molar-refractivity contribution is 5.99. The van der Waals surface area contributed by atoms with Gasteiger partial charge in [-0.05, 0) is 42.9 Å². The van der Waals surface area contributed by atoms with E-state index < -0.39 is 0 Å². The highest BCUT2D eigenvalue weighted by Gasteiger charge is 2.29. The van der Waals surface area contributed by atoms with Crippen LogP contribution >= 0.6 is 0 Å². The molecule has 0 spiro atoms. The molecule has 4 nitrogen and oxygen atoms in total. The minimum Gasteiger partial charge on any atom is -0.465 e. The maximum Gasteiger partial charge on any atom is 0.340 e. The van der Waals surface area contributed by atoms with E-state index in [0.717, 1.165) is 37.9 Å². The summed E-state index contributed by atoms with van der Waals surface area (Å²) in [6.07, 6.45) is 4.24. The number of carbonyl (C=O) groups excluding carboxylic acids is 1. The van der Waals surface area contributed by atoms with Crippen LogP contribution in [0.3, 0.4) is 0 Å². The van der Waals surface area contributed by atoms with Gasteiger partial charge in [-0.15, -0.1) is 0 Å². The standard InChI is InChI=1S/C14H18N2O2/c1-18-14(17)12-10-5-3-7-16-6-2-4-9(13(10)16)8-11(12)15/h8H,2-7,15H2,1H3. The molecule has 0 amide bonds. The Morgan fingerprint density at radius 1 is 1.33 bits per heavy atom. The lowest BCUT2D eigenvalue weighted by Crippen LogP contribution is -2.35. The molecule has 96 valence electrons. The number of methoxy groups -OCH3 is 1. The molecule has 0 bridgehead atoms. The largest absolute Gasteiger partial charge is 0.465 e. The lowest BCUT2D eigenvalue weighted by atomic mass is 9.87. The van der Waals surface area contributed by atoms with Gasteiger partial charge >= 0.3 is 5.97 Å². The van der Waals surface area contributed by atoms with Crippen LogP contribution in [0, 0.1) is 0 Å². The Hall–Kier alpha value is -1.71. The first-order chi connectivity index (χ1) is 8.72. The lowest BCUT2D eigenvalue weighted by molar-refractivity contribution is 0.0600. The quantitative estimate of drug-likeness (QED) is 0.606. The van der Waals surface area contributed by atoms with Gasteiger partial charge in [-0.2, -0.15) is 0 Å². The van der Waals surface area contributed by atoms with Crippen molar-refractivity contribution in [1.29, 1.82) is 0 Å². The summed E-state index contributed by atoms with van der Waals surface area (Å²) in [5.41, 5.74) is 10.8. The first kappa shape index (κ1) is 11.4. The molecule has 2 N–H and O–H groups in total. The molecule has 1 aromatic rings. The Balaban J connectivity index is 2.23. The number of esters is 1. The van der Waals surface area contributed by atoms with E-state index in [0.29, 0.717) is 11.3 Å². The first-order valence-corrected chi connectivity index (χ1v) is 6.50. The third kappa shape index (κ3) is 1.55. The zero-order chi connectivity index (χ0) is 12.7. The predicted molar refractivity (Wildman–Crippen MR) is 71.0 cm³/mol. The van der Waals surface area contributed by atoms with Gasteiger partial charge in [-0.25, -0.2) is 4.79 Å². The molecule has 0 aromatic heterocycles. The van der Waals surface area contributed by atoms with Crippen LogP contribution in [-0.2, 0) is 17.6 Å². The van der Waals surface area contributed by atoms with Gasteiger partial charge in [0.1, 0.15) is 0 Å². The van der Waals surface area contributed by atoms with Gasteiger partial charge in [0.05, 0.1) is 12.7 Å². The highest BCUT2D eigenvalue weighted by atomic mass is 16.5. The Bertz CT molecular complexity index is 509. The Morgan fingerprint density at radius 2 is 2.06 bits per heavy atom. The van der Waals surface area contributed by atoms with E-state index in [4.69, 9.17) is 10.5 Å². The fraction of sp³-hybridized carbons (Fsp3) is 0.500. The molecule has 3 rings (SSSR count). The van der Waals surface area contributed by atoms with Crippen LogP contribution in [0.5, 0.6) is 0 Å². The van der Waals surface area contributed by atoms with Crippen molar-refractivity contribution in [3.05, 3.63) is 22.8 Å². The average Bonchev–Trinajstić information content (AvgIpc) is 2.38. The van der Waals surface area contributed by atoms with Crippen LogP contribution in [0.25, 0.3) is 0 Å². The Kier molecular flexibility index (Phi) is 2.65. The second-order valence-electron chi connectivity index (χ2n) is 5.01. The Labute approximate surface area is 107 Å². The smallest absolute Gasteiger partial charge is 0.340 e. The minimum atomic E-state index is -0.308. The van der Waals surface area contributed by atoms with Crippen LogP contribution in [-0.4, -0.2) is 26.2 Å². The van der Waals surface area contributed by atoms with E-state index in [2.05, 4.69) is 4.90 Å². The number of nitrogens with two attached hydrogens (primary N) is 1. The van der Waals surface area contributed by atoms with Gasteiger partial charge in [0.25, 0.3) is 0 Å². The van der Waals surface area contributed by atoms with Crippen molar-refractivity contribution >= 4 is 17.3 Å². The van der Waals surface area contributed by atoms with Crippen molar-refractivity contribution in [3.63, 3.8) is 0 Å². The predicted octanol–water partition coefficient (Wildman–Crippen LogP) is 1.75. The second-order valence-corrected chi connectivity index (χ2v) is 5.01. The maximum atomic E-state index is 11.9. The number of aryl methyl sites for hydroxylation is 1. The number of nitrogen functional groups attached to an aromatic ring is 1. The van der Waals surface area contributed by atoms with Crippen molar-refractivity contribution in [2.75, 3.05) is 30.8 Å². The third-order valence-electron chi connectivity index (χ3n) is 3.94. The summed E-state index contributed by atoms with van der Waals surface area (Å²) in [6.45, 7) is 2.18. The van der Waals surface area contributed by atoms with E-state index in [1.165, 1.54) is 24.8 Å². The monoisotopic (exact) mass is 246 g/mol. The van der Waals surface area contributed by atoms with Crippen molar-refractivity contribution in [1.82, 2.24) is 0 Å². The molecule has 2 aliphatic rings. The first-order valence-electron chi connectivity index (χ1n) is 6.50. The van der Waals surface area contributed by atoms with Crippen LogP contribution in [0.2, 0.25) is 0 Å². The summed E-state index contributed by atoms with van der Waals surface area (Å²) >= 11 is 0. The maximum absolute atomic E-state index is 11.9. The minimum absolute atomic E-state index is 0.308. The van der Waals surface area contributed by atoms with Crippen molar-refractivity contribution in [2.24, 2.45) is 0 Å². The molecular weight excluding hydrogens is 228 g/mol. The number of hydrogen-bond acceptors (Lipinski definition) is 4. The molecule has 4 heteroatoms. The van der Waals surface area contributed by atoms with Gasteiger partial charge in [0, 0.05) is 24.5 Å². The van der Waals surface area contributed by atoms with Gasteiger partial charge in [0.2, 0.25) is 0 Å². The van der Waals surface area contributed by atoms with Gasteiger partial charge < -0.3 is 15.4 Å². The van der Waals surface area contributed by atoms with Crippen molar-refractivity contribution in [3.8, 4) is 0 Å². The second kappa shape index (κ2) is 4.19. The third-order valence-corrected chi connectivity index (χ3v) is 3.94. The number of rotatable bonds is 1. The molecule has 18 heavy (non-hydrogen) atoms. The van der Waals surface area contributed by atoms with E-state index in [-0.39, 0.29) is 5.97 Å². The SMILES string of the molecule is COC(=O)c1c(N)cc2c3c1CCCN3CCC2. The molecule has 2 heterocycles. The van der Waals surface area contributed by atoms with Crippen LogP contribution in [0.15, 0.2) is 6.07 Å². The molecule has 0 saturated carbocycles. The van der Waals surface area contributed by atoms with E-state index in [9.17, 15) is 4.79 Å². The van der Waals surface area contributed by atoms with Crippen molar-refractivity contribution < 1.29 is 9.53 Å². The number of nitrogens with zero attached hydrogens (tertiary/aromatic N) is 1. The van der Waals surface area contributed by atoms with Crippen LogP contribution in [0.1, 0.15) is 34.3 Å². The zero-order valence-electron chi connectivity index (χ0n) is 10.7. The summed E-state index contributed by atoms with van der Waals surface area (Å²) in [5.74, 6) is -0.308. The summed E-state index contributed by atoms with van der Waals surface area (Å²) in [5, 5.41) is 0.